The van der Waals surface area contributed by atoms with Crippen molar-refractivity contribution in [1.82, 2.24) is 5.32 Å². The van der Waals surface area contributed by atoms with Crippen LogP contribution in [0.15, 0.2) is 22.7 Å². The highest BCUT2D eigenvalue weighted by Gasteiger charge is 2.21. The van der Waals surface area contributed by atoms with E-state index in [9.17, 15) is 0 Å². The summed E-state index contributed by atoms with van der Waals surface area (Å²) in [6.07, 6.45) is 5.24. The van der Waals surface area contributed by atoms with Gasteiger partial charge in [0.1, 0.15) is 0 Å². The lowest BCUT2D eigenvalue weighted by Crippen LogP contribution is -2.17. The molecule has 0 aliphatic heterocycles. The molecule has 112 valence electrons. The maximum Gasteiger partial charge on any atom is 0.0671 e. The molecular formula is C18H22BrNS. The molecule has 1 aliphatic rings. The molecule has 0 fully saturated rings. The zero-order valence-corrected chi connectivity index (χ0v) is 15.3. The summed E-state index contributed by atoms with van der Waals surface area (Å²) in [6, 6.07) is 7.31. The van der Waals surface area contributed by atoms with Crippen molar-refractivity contribution in [3.05, 3.63) is 54.7 Å². The van der Waals surface area contributed by atoms with Gasteiger partial charge in [-0.05, 0) is 81.0 Å². The van der Waals surface area contributed by atoms with Gasteiger partial charge in [0.25, 0.3) is 0 Å². The number of rotatable bonds is 3. The minimum absolute atomic E-state index is 0.312. The van der Waals surface area contributed by atoms with Crippen LogP contribution in [-0.4, -0.2) is 7.05 Å². The second-order valence-corrected chi connectivity index (χ2v) is 8.01. The first kappa shape index (κ1) is 15.3. The van der Waals surface area contributed by atoms with E-state index in [1.54, 1.807) is 10.4 Å². The Morgan fingerprint density at radius 1 is 1.10 bits per heavy atom. The minimum Gasteiger partial charge on any atom is -0.309 e. The number of thiophene rings is 1. The molecule has 0 spiro atoms. The summed E-state index contributed by atoms with van der Waals surface area (Å²) in [4.78, 5) is 3.08. The molecule has 1 nitrogen and oxygen atoms in total. The Kier molecular flexibility index (Phi) is 4.53. The van der Waals surface area contributed by atoms with Gasteiger partial charge in [-0.3, -0.25) is 0 Å². The maximum atomic E-state index is 3.64. The second-order valence-electron chi connectivity index (χ2n) is 5.98. The topological polar surface area (TPSA) is 12.0 Å². The van der Waals surface area contributed by atoms with Gasteiger partial charge in [0.15, 0.2) is 0 Å². The SMILES string of the molecule is CNC(c1cc2c(s1)CCCC2)c1cc(C)c(Br)cc1C. The Balaban J connectivity index is 2.02. The van der Waals surface area contributed by atoms with Gasteiger partial charge < -0.3 is 5.32 Å². The van der Waals surface area contributed by atoms with E-state index >= 15 is 0 Å². The van der Waals surface area contributed by atoms with Gasteiger partial charge in [-0.25, -0.2) is 0 Å². The van der Waals surface area contributed by atoms with Gasteiger partial charge in [-0.1, -0.05) is 22.0 Å². The van der Waals surface area contributed by atoms with Crippen LogP contribution in [0.2, 0.25) is 0 Å². The molecule has 2 aromatic rings. The van der Waals surface area contributed by atoms with E-state index in [1.165, 1.54) is 51.7 Å². The van der Waals surface area contributed by atoms with Crippen LogP contribution in [0, 0.1) is 13.8 Å². The normalized spacial score (nSPS) is 15.8. The lowest BCUT2D eigenvalue weighted by Gasteiger charge is -2.19. The molecule has 0 radical (unpaired) electrons. The van der Waals surface area contributed by atoms with Crippen LogP contribution in [0.1, 0.15) is 50.9 Å². The molecule has 1 N–H and O–H groups in total. The second kappa shape index (κ2) is 6.23. The average Bonchev–Trinajstić information content (AvgIpc) is 2.88. The van der Waals surface area contributed by atoms with Crippen LogP contribution in [0.3, 0.4) is 0 Å². The third-order valence-corrected chi connectivity index (χ3v) is 6.60. The molecule has 0 saturated carbocycles. The van der Waals surface area contributed by atoms with Crippen molar-refractivity contribution < 1.29 is 0 Å². The highest BCUT2D eigenvalue weighted by molar-refractivity contribution is 9.10. The fourth-order valence-electron chi connectivity index (χ4n) is 3.22. The van der Waals surface area contributed by atoms with E-state index in [0.717, 1.165) is 0 Å². The van der Waals surface area contributed by atoms with Gasteiger partial charge in [0, 0.05) is 14.2 Å². The fourth-order valence-corrected chi connectivity index (χ4v) is 5.07. The van der Waals surface area contributed by atoms with Crippen LogP contribution in [-0.2, 0) is 12.8 Å². The van der Waals surface area contributed by atoms with E-state index in [-0.39, 0.29) is 0 Å². The van der Waals surface area contributed by atoms with Crippen molar-refractivity contribution >= 4 is 27.3 Å². The Hall–Kier alpha value is -0.640. The van der Waals surface area contributed by atoms with Crippen LogP contribution < -0.4 is 5.32 Å². The first-order chi connectivity index (χ1) is 10.1. The number of halogens is 1. The van der Waals surface area contributed by atoms with Gasteiger partial charge in [0.05, 0.1) is 6.04 Å². The quantitative estimate of drug-likeness (QED) is 0.778. The van der Waals surface area contributed by atoms with E-state index in [1.807, 2.05) is 11.3 Å². The zero-order valence-electron chi connectivity index (χ0n) is 12.9. The third-order valence-electron chi connectivity index (χ3n) is 4.45. The first-order valence-corrected chi connectivity index (χ1v) is 9.26. The Bertz CT molecular complexity index is 636. The van der Waals surface area contributed by atoms with E-state index in [0.29, 0.717) is 6.04 Å². The largest absolute Gasteiger partial charge is 0.309 e. The molecule has 1 aromatic heterocycles. The van der Waals surface area contributed by atoms with Crippen molar-refractivity contribution in [2.24, 2.45) is 0 Å². The summed E-state index contributed by atoms with van der Waals surface area (Å²) in [5.74, 6) is 0. The lowest BCUT2D eigenvalue weighted by atomic mass is 9.95. The summed E-state index contributed by atoms with van der Waals surface area (Å²) in [6.45, 7) is 4.37. The number of benzene rings is 1. The molecule has 1 heterocycles. The van der Waals surface area contributed by atoms with Crippen molar-refractivity contribution in [1.29, 1.82) is 0 Å². The van der Waals surface area contributed by atoms with Crippen molar-refractivity contribution in [2.45, 2.75) is 45.6 Å². The van der Waals surface area contributed by atoms with Gasteiger partial charge in [0.2, 0.25) is 0 Å². The number of nitrogens with one attached hydrogen (secondary N) is 1. The Labute approximate surface area is 139 Å². The predicted molar refractivity (Wildman–Crippen MR) is 95.5 cm³/mol. The Morgan fingerprint density at radius 2 is 1.86 bits per heavy atom. The molecule has 1 atom stereocenters. The van der Waals surface area contributed by atoms with Crippen molar-refractivity contribution in [3.63, 3.8) is 0 Å². The molecule has 1 aliphatic carbocycles. The highest BCUT2D eigenvalue weighted by atomic mass is 79.9. The first-order valence-electron chi connectivity index (χ1n) is 7.65. The van der Waals surface area contributed by atoms with E-state index in [2.05, 4.69) is 60.3 Å². The molecule has 1 unspecified atom stereocenters. The van der Waals surface area contributed by atoms with E-state index < -0.39 is 0 Å². The number of aryl methyl sites for hydroxylation is 4. The molecular weight excluding hydrogens is 342 g/mol. The van der Waals surface area contributed by atoms with Gasteiger partial charge in [-0.2, -0.15) is 0 Å². The zero-order chi connectivity index (χ0) is 15.0. The van der Waals surface area contributed by atoms with Crippen LogP contribution >= 0.6 is 27.3 Å². The molecule has 1 aromatic carbocycles. The molecule has 0 saturated heterocycles. The fraction of sp³-hybridized carbons (Fsp3) is 0.444. The number of fused-ring (bicyclic) bond motifs is 1. The average molecular weight is 364 g/mol. The lowest BCUT2D eigenvalue weighted by molar-refractivity contribution is 0.689. The molecule has 0 amide bonds. The summed E-state index contributed by atoms with van der Waals surface area (Å²) >= 11 is 5.64. The third kappa shape index (κ3) is 2.96. The summed E-state index contributed by atoms with van der Waals surface area (Å²) < 4.78 is 1.20. The molecule has 21 heavy (non-hydrogen) atoms. The maximum absolute atomic E-state index is 3.64. The van der Waals surface area contributed by atoms with Crippen LogP contribution in [0.5, 0.6) is 0 Å². The molecule has 3 rings (SSSR count). The van der Waals surface area contributed by atoms with Crippen molar-refractivity contribution in [2.75, 3.05) is 7.05 Å². The highest BCUT2D eigenvalue weighted by Crippen LogP contribution is 2.37. The predicted octanol–water partition coefficient (Wildman–Crippen LogP) is 5.32. The summed E-state index contributed by atoms with van der Waals surface area (Å²) in [5, 5.41) is 3.53. The summed E-state index contributed by atoms with van der Waals surface area (Å²) in [7, 11) is 2.07. The van der Waals surface area contributed by atoms with E-state index in [4.69, 9.17) is 0 Å². The van der Waals surface area contributed by atoms with Crippen LogP contribution in [0.4, 0.5) is 0 Å². The number of hydrogen-bond donors (Lipinski definition) is 1. The van der Waals surface area contributed by atoms with Gasteiger partial charge in [-0.15, -0.1) is 11.3 Å². The molecule has 0 bridgehead atoms. The van der Waals surface area contributed by atoms with Crippen LogP contribution in [0.25, 0.3) is 0 Å². The molecule has 3 heteroatoms. The smallest absolute Gasteiger partial charge is 0.0671 e. The standard InChI is InChI=1S/C18H22BrNS/c1-11-9-15(19)12(2)8-14(11)18(20-3)17-10-13-6-4-5-7-16(13)21-17/h8-10,18,20H,4-7H2,1-3H3. The summed E-state index contributed by atoms with van der Waals surface area (Å²) in [5.41, 5.74) is 5.64. The van der Waals surface area contributed by atoms with Crippen molar-refractivity contribution in [3.8, 4) is 0 Å². The number of hydrogen-bond acceptors (Lipinski definition) is 2. The monoisotopic (exact) mass is 363 g/mol. The minimum atomic E-state index is 0.312. The van der Waals surface area contributed by atoms with Gasteiger partial charge >= 0.3 is 0 Å². The Morgan fingerprint density at radius 3 is 2.57 bits per heavy atom.